The third-order valence-electron chi connectivity index (χ3n) is 3.07. The van der Waals surface area contributed by atoms with Crippen molar-refractivity contribution in [3.05, 3.63) is 42.1 Å². The van der Waals surface area contributed by atoms with E-state index in [2.05, 4.69) is 15.6 Å². The predicted molar refractivity (Wildman–Crippen MR) is 72.7 cm³/mol. The Kier molecular flexibility index (Phi) is 2.76. The van der Waals surface area contributed by atoms with Crippen LogP contribution in [0.4, 0.5) is 17.2 Å². The molecule has 2 aromatic rings. The van der Waals surface area contributed by atoms with Crippen LogP contribution in [0.1, 0.15) is 5.56 Å². The number of fused-ring (bicyclic) bond motifs is 1. The summed E-state index contributed by atoms with van der Waals surface area (Å²) in [5.74, 6) is 1.84. The number of nitrogens with one attached hydrogen (secondary N) is 2. The monoisotopic (exact) mass is 241 g/mol. The third kappa shape index (κ3) is 1.97. The van der Waals surface area contributed by atoms with Crippen LogP contribution in [-0.2, 0) is 6.42 Å². The van der Waals surface area contributed by atoms with Crippen LogP contribution in [0.5, 0.6) is 5.75 Å². The highest BCUT2D eigenvalue weighted by Gasteiger charge is 2.15. The second kappa shape index (κ2) is 4.56. The Balaban J connectivity index is 1.90. The molecule has 0 atom stereocenters. The standard InChI is InChI=1S/C14H15N3O/c1-18-11-4-2-3-10(9-11)17-13-6-8-16-14-12(13)5-7-15-14/h2-4,6,8-9H,5,7H2,1H3,(H2,15,16,17). The first kappa shape index (κ1) is 10.9. The van der Waals surface area contributed by atoms with E-state index in [1.54, 1.807) is 7.11 Å². The lowest BCUT2D eigenvalue weighted by Crippen LogP contribution is -1.96. The maximum Gasteiger partial charge on any atom is 0.131 e. The third-order valence-corrected chi connectivity index (χ3v) is 3.07. The van der Waals surface area contributed by atoms with Gasteiger partial charge in [0.05, 0.1) is 7.11 Å². The van der Waals surface area contributed by atoms with Crippen LogP contribution in [0, 0.1) is 0 Å². The van der Waals surface area contributed by atoms with Gasteiger partial charge in [0.2, 0.25) is 0 Å². The summed E-state index contributed by atoms with van der Waals surface area (Å²) in [4.78, 5) is 4.32. The minimum atomic E-state index is 0.851. The second-order valence-electron chi connectivity index (χ2n) is 4.22. The van der Waals surface area contributed by atoms with E-state index in [9.17, 15) is 0 Å². The van der Waals surface area contributed by atoms with E-state index >= 15 is 0 Å². The normalized spacial score (nSPS) is 12.7. The maximum absolute atomic E-state index is 5.22. The SMILES string of the molecule is COc1cccc(Nc2ccnc3c2CCN3)c1. The number of nitrogens with zero attached hydrogens (tertiary/aromatic N) is 1. The molecular weight excluding hydrogens is 226 g/mol. The molecule has 4 heteroatoms. The fourth-order valence-corrected chi connectivity index (χ4v) is 2.18. The molecule has 0 amide bonds. The van der Waals surface area contributed by atoms with Gasteiger partial charge in [-0.3, -0.25) is 0 Å². The van der Waals surface area contributed by atoms with Gasteiger partial charge in [-0.1, -0.05) is 6.07 Å². The molecule has 1 aromatic carbocycles. The van der Waals surface area contributed by atoms with Gasteiger partial charge in [0, 0.05) is 35.7 Å². The lowest BCUT2D eigenvalue weighted by atomic mass is 10.2. The van der Waals surface area contributed by atoms with E-state index in [-0.39, 0.29) is 0 Å². The summed E-state index contributed by atoms with van der Waals surface area (Å²) in [6.45, 7) is 0.957. The fourth-order valence-electron chi connectivity index (χ4n) is 2.18. The summed E-state index contributed by atoms with van der Waals surface area (Å²) >= 11 is 0. The van der Waals surface area contributed by atoms with Crippen molar-refractivity contribution in [3.63, 3.8) is 0 Å². The zero-order valence-corrected chi connectivity index (χ0v) is 10.2. The van der Waals surface area contributed by atoms with Crippen molar-refractivity contribution >= 4 is 17.2 Å². The van der Waals surface area contributed by atoms with Gasteiger partial charge in [0.15, 0.2) is 0 Å². The topological polar surface area (TPSA) is 46.2 Å². The average Bonchev–Trinajstić information content (AvgIpc) is 2.88. The zero-order valence-electron chi connectivity index (χ0n) is 10.2. The van der Waals surface area contributed by atoms with E-state index < -0.39 is 0 Å². The van der Waals surface area contributed by atoms with E-state index in [4.69, 9.17) is 4.74 Å². The number of aromatic nitrogens is 1. The molecule has 0 aliphatic carbocycles. The highest BCUT2D eigenvalue weighted by atomic mass is 16.5. The number of anilines is 3. The van der Waals surface area contributed by atoms with E-state index in [0.29, 0.717) is 0 Å². The number of methoxy groups -OCH3 is 1. The van der Waals surface area contributed by atoms with Gasteiger partial charge in [-0.05, 0) is 24.6 Å². The molecule has 0 fully saturated rings. The van der Waals surface area contributed by atoms with Gasteiger partial charge in [0.1, 0.15) is 11.6 Å². The number of pyridine rings is 1. The van der Waals surface area contributed by atoms with Crippen LogP contribution in [0.25, 0.3) is 0 Å². The first-order chi connectivity index (χ1) is 8.86. The van der Waals surface area contributed by atoms with Crippen LogP contribution < -0.4 is 15.4 Å². The molecule has 0 saturated heterocycles. The molecule has 2 heterocycles. The molecule has 1 aliphatic rings. The Labute approximate surface area is 106 Å². The van der Waals surface area contributed by atoms with Crippen molar-refractivity contribution < 1.29 is 4.74 Å². The molecule has 2 N–H and O–H groups in total. The number of hydrogen-bond donors (Lipinski definition) is 2. The summed E-state index contributed by atoms with van der Waals surface area (Å²) in [6.07, 6.45) is 2.83. The predicted octanol–water partition coefficient (Wildman–Crippen LogP) is 2.80. The van der Waals surface area contributed by atoms with E-state index in [0.717, 1.165) is 35.9 Å². The molecule has 92 valence electrons. The van der Waals surface area contributed by atoms with Gasteiger partial charge in [-0.25, -0.2) is 4.98 Å². The molecule has 0 spiro atoms. The Hall–Kier alpha value is -2.23. The van der Waals surface area contributed by atoms with Gasteiger partial charge in [-0.15, -0.1) is 0 Å². The molecule has 1 aromatic heterocycles. The van der Waals surface area contributed by atoms with Gasteiger partial charge in [-0.2, -0.15) is 0 Å². The lowest BCUT2D eigenvalue weighted by molar-refractivity contribution is 0.415. The maximum atomic E-state index is 5.22. The smallest absolute Gasteiger partial charge is 0.131 e. The quantitative estimate of drug-likeness (QED) is 0.867. The summed E-state index contributed by atoms with van der Waals surface area (Å²) in [7, 11) is 1.67. The molecule has 0 bridgehead atoms. The van der Waals surface area contributed by atoms with Crippen molar-refractivity contribution in [2.75, 3.05) is 24.3 Å². The summed E-state index contributed by atoms with van der Waals surface area (Å²) in [5, 5.41) is 6.69. The first-order valence-electron chi connectivity index (χ1n) is 5.99. The van der Waals surface area contributed by atoms with Crippen molar-refractivity contribution in [3.8, 4) is 5.75 Å². The molecule has 0 radical (unpaired) electrons. The number of hydrogen-bond acceptors (Lipinski definition) is 4. The zero-order chi connectivity index (χ0) is 12.4. The second-order valence-corrected chi connectivity index (χ2v) is 4.22. The van der Waals surface area contributed by atoms with Crippen molar-refractivity contribution in [2.24, 2.45) is 0 Å². The van der Waals surface area contributed by atoms with Gasteiger partial charge < -0.3 is 15.4 Å². The molecule has 1 aliphatic heterocycles. The minimum absolute atomic E-state index is 0.851. The lowest BCUT2D eigenvalue weighted by Gasteiger charge is -2.11. The van der Waals surface area contributed by atoms with Crippen LogP contribution in [0.3, 0.4) is 0 Å². The largest absolute Gasteiger partial charge is 0.497 e. The molecule has 4 nitrogen and oxygen atoms in total. The van der Waals surface area contributed by atoms with Crippen LogP contribution in [-0.4, -0.2) is 18.6 Å². The number of rotatable bonds is 3. The van der Waals surface area contributed by atoms with Crippen LogP contribution in [0.2, 0.25) is 0 Å². The molecule has 0 unspecified atom stereocenters. The average molecular weight is 241 g/mol. The van der Waals surface area contributed by atoms with Crippen molar-refractivity contribution in [2.45, 2.75) is 6.42 Å². The summed E-state index contributed by atoms with van der Waals surface area (Å²) in [5.41, 5.74) is 3.38. The van der Waals surface area contributed by atoms with Crippen molar-refractivity contribution in [1.29, 1.82) is 0 Å². The Morgan fingerprint density at radius 1 is 1.33 bits per heavy atom. The van der Waals surface area contributed by atoms with Gasteiger partial charge >= 0.3 is 0 Å². The van der Waals surface area contributed by atoms with Crippen LogP contribution >= 0.6 is 0 Å². The highest BCUT2D eigenvalue weighted by Crippen LogP contribution is 2.30. The Morgan fingerprint density at radius 3 is 3.17 bits per heavy atom. The number of benzene rings is 1. The summed E-state index contributed by atoms with van der Waals surface area (Å²) < 4.78 is 5.22. The van der Waals surface area contributed by atoms with Gasteiger partial charge in [0.25, 0.3) is 0 Å². The Bertz CT molecular complexity index is 569. The van der Waals surface area contributed by atoms with Crippen LogP contribution in [0.15, 0.2) is 36.5 Å². The highest BCUT2D eigenvalue weighted by molar-refractivity contribution is 5.70. The number of ether oxygens (including phenoxy) is 1. The van der Waals surface area contributed by atoms with Crippen molar-refractivity contribution in [1.82, 2.24) is 4.98 Å². The van der Waals surface area contributed by atoms with E-state index in [1.165, 1.54) is 5.56 Å². The summed E-state index contributed by atoms with van der Waals surface area (Å²) in [6, 6.07) is 9.92. The molecule has 3 rings (SSSR count). The first-order valence-corrected chi connectivity index (χ1v) is 5.99. The Morgan fingerprint density at radius 2 is 2.28 bits per heavy atom. The molecule has 0 saturated carbocycles. The molecule has 18 heavy (non-hydrogen) atoms. The molecular formula is C14H15N3O. The fraction of sp³-hybridized carbons (Fsp3) is 0.214. The minimum Gasteiger partial charge on any atom is -0.497 e. The van der Waals surface area contributed by atoms with E-state index in [1.807, 2.05) is 36.5 Å².